The Bertz CT molecular complexity index is 1020. The Kier molecular flexibility index (Phi) is 7.58. The molecule has 0 aromatic heterocycles. The van der Waals surface area contributed by atoms with E-state index in [-0.39, 0.29) is 23.5 Å². The molecule has 2 aromatic rings. The Morgan fingerprint density at radius 1 is 1.00 bits per heavy atom. The summed E-state index contributed by atoms with van der Waals surface area (Å²) in [6.07, 6.45) is 0.474. The van der Waals surface area contributed by atoms with Crippen molar-refractivity contribution in [2.24, 2.45) is 5.92 Å². The zero-order valence-corrected chi connectivity index (χ0v) is 18.3. The highest BCUT2D eigenvalue weighted by Gasteiger charge is 2.39. The van der Waals surface area contributed by atoms with Gasteiger partial charge in [0.2, 0.25) is 0 Å². The smallest absolute Gasteiger partial charge is 0.278 e. The number of imide groups is 1. The lowest BCUT2D eigenvalue weighted by atomic mass is 10.0. The molecule has 0 spiro atoms. The van der Waals surface area contributed by atoms with Gasteiger partial charge in [0.1, 0.15) is 11.4 Å². The van der Waals surface area contributed by atoms with Gasteiger partial charge in [0, 0.05) is 32.0 Å². The lowest BCUT2D eigenvalue weighted by molar-refractivity contribution is -0.137. The van der Waals surface area contributed by atoms with Crippen LogP contribution in [0.1, 0.15) is 25.8 Å². The monoisotopic (exact) mass is 444 g/mol. The fraction of sp³-hybridized carbons (Fsp3) is 0.333. The molecular formula is C24H26F2N2O4. The number of rotatable bonds is 10. The molecule has 0 bridgehead atoms. The van der Waals surface area contributed by atoms with Crippen LogP contribution in [0.25, 0.3) is 5.57 Å². The predicted octanol–water partition coefficient (Wildman–Crippen LogP) is 4.23. The summed E-state index contributed by atoms with van der Waals surface area (Å²) in [5.41, 5.74) is 0.842. The van der Waals surface area contributed by atoms with Gasteiger partial charge in [0.05, 0.1) is 12.2 Å². The third-order valence-corrected chi connectivity index (χ3v) is 4.81. The van der Waals surface area contributed by atoms with Gasteiger partial charge in [-0.25, -0.2) is 8.78 Å². The fourth-order valence-electron chi connectivity index (χ4n) is 3.23. The Morgan fingerprint density at radius 3 is 2.34 bits per heavy atom. The maximum atomic E-state index is 13.7. The third-order valence-electron chi connectivity index (χ3n) is 4.81. The van der Waals surface area contributed by atoms with E-state index in [9.17, 15) is 18.4 Å². The molecule has 32 heavy (non-hydrogen) atoms. The molecule has 0 saturated carbocycles. The van der Waals surface area contributed by atoms with E-state index in [1.165, 1.54) is 13.2 Å². The van der Waals surface area contributed by atoms with Crippen molar-refractivity contribution in [1.82, 2.24) is 4.90 Å². The molecule has 1 N–H and O–H groups in total. The molecule has 0 aliphatic carbocycles. The van der Waals surface area contributed by atoms with Crippen LogP contribution < -0.4 is 10.1 Å². The second-order valence-electron chi connectivity index (χ2n) is 7.84. The largest absolute Gasteiger partial charge is 0.493 e. The molecule has 1 aliphatic rings. The van der Waals surface area contributed by atoms with Gasteiger partial charge in [-0.1, -0.05) is 26.0 Å². The summed E-state index contributed by atoms with van der Waals surface area (Å²) >= 11 is 0. The number of hydrogen-bond acceptors (Lipinski definition) is 5. The van der Waals surface area contributed by atoms with E-state index in [0.717, 1.165) is 17.0 Å². The van der Waals surface area contributed by atoms with Crippen LogP contribution >= 0.6 is 0 Å². The molecule has 1 aliphatic heterocycles. The van der Waals surface area contributed by atoms with Crippen LogP contribution in [0.4, 0.5) is 14.5 Å². The van der Waals surface area contributed by atoms with E-state index in [2.05, 4.69) is 5.32 Å². The standard InChI is InChI=1S/C24H26F2N2O4/c1-15(2)14-32-18-8-5-16(6-9-18)21-22(27-17-7-10-19(25)20(26)13-17)24(30)28(23(21)29)11-4-12-31-3/h5-10,13,15,27H,4,11-12,14H2,1-3H3. The normalized spacial score (nSPS) is 14.0. The minimum absolute atomic E-state index is 0.00859. The summed E-state index contributed by atoms with van der Waals surface area (Å²) in [6.45, 7) is 5.19. The number of carbonyl (C=O) groups is 2. The van der Waals surface area contributed by atoms with Gasteiger partial charge >= 0.3 is 0 Å². The molecule has 0 fully saturated rings. The van der Waals surface area contributed by atoms with Crippen molar-refractivity contribution in [3.8, 4) is 5.75 Å². The Morgan fingerprint density at radius 2 is 1.72 bits per heavy atom. The highest BCUT2D eigenvalue weighted by molar-refractivity contribution is 6.36. The molecule has 0 unspecified atom stereocenters. The van der Waals surface area contributed by atoms with Crippen molar-refractivity contribution in [2.75, 3.05) is 32.2 Å². The van der Waals surface area contributed by atoms with Gasteiger partial charge in [0.15, 0.2) is 11.6 Å². The molecule has 170 valence electrons. The molecule has 0 saturated heterocycles. The SMILES string of the molecule is COCCCN1C(=O)C(Nc2ccc(F)c(F)c2)=C(c2ccc(OCC(C)C)cc2)C1=O. The first-order valence-electron chi connectivity index (χ1n) is 10.4. The summed E-state index contributed by atoms with van der Waals surface area (Å²) in [7, 11) is 1.54. The molecule has 6 nitrogen and oxygen atoms in total. The Labute approximate surface area is 185 Å². The van der Waals surface area contributed by atoms with Crippen LogP contribution in [-0.4, -0.2) is 43.6 Å². The van der Waals surface area contributed by atoms with Gasteiger partial charge < -0.3 is 14.8 Å². The topological polar surface area (TPSA) is 67.9 Å². The first-order valence-corrected chi connectivity index (χ1v) is 10.4. The average Bonchev–Trinajstić information content (AvgIpc) is 2.99. The number of amides is 2. The molecule has 3 rings (SSSR count). The molecule has 0 atom stereocenters. The quantitative estimate of drug-likeness (QED) is 0.439. The van der Waals surface area contributed by atoms with E-state index < -0.39 is 23.4 Å². The number of hydrogen-bond donors (Lipinski definition) is 1. The molecule has 8 heteroatoms. The summed E-state index contributed by atoms with van der Waals surface area (Å²) in [5, 5.41) is 2.81. The highest BCUT2D eigenvalue weighted by atomic mass is 19.2. The van der Waals surface area contributed by atoms with Crippen molar-refractivity contribution in [2.45, 2.75) is 20.3 Å². The summed E-state index contributed by atoms with van der Waals surface area (Å²) in [6, 6.07) is 10.0. The van der Waals surface area contributed by atoms with Crippen LogP contribution in [-0.2, 0) is 14.3 Å². The van der Waals surface area contributed by atoms with E-state index in [0.29, 0.717) is 36.9 Å². The maximum absolute atomic E-state index is 13.7. The number of nitrogens with zero attached hydrogens (tertiary/aromatic N) is 1. The van der Waals surface area contributed by atoms with Gasteiger partial charge in [-0.05, 0) is 42.2 Å². The minimum Gasteiger partial charge on any atom is -0.493 e. The predicted molar refractivity (Wildman–Crippen MR) is 117 cm³/mol. The summed E-state index contributed by atoms with van der Waals surface area (Å²) < 4.78 is 37.7. The minimum atomic E-state index is -1.06. The van der Waals surface area contributed by atoms with E-state index in [1.54, 1.807) is 24.3 Å². The molecule has 0 radical (unpaired) electrons. The van der Waals surface area contributed by atoms with Crippen LogP contribution in [0, 0.1) is 17.6 Å². The highest BCUT2D eigenvalue weighted by Crippen LogP contribution is 2.32. The van der Waals surface area contributed by atoms with Crippen LogP contribution in [0.2, 0.25) is 0 Å². The van der Waals surface area contributed by atoms with Gasteiger partial charge in [-0.15, -0.1) is 0 Å². The lowest BCUT2D eigenvalue weighted by Crippen LogP contribution is -2.33. The van der Waals surface area contributed by atoms with Gasteiger partial charge in [0.25, 0.3) is 11.8 Å². The number of methoxy groups -OCH3 is 1. The van der Waals surface area contributed by atoms with Crippen LogP contribution in [0.5, 0.6) is 5.75 Å². The van der Waals surface area contributed by atoms with Gasteiger partial charge in [-0.2, -0.15) is 0 Å². The number of ether oxygens (including phenoxy) is 2. The van der Waals surface area contributed by atoms with Crippen LogP contribution in [0.3, 0.4) is 0 Å². The number of anilines is 1. The number of carbonyl (C=O) groups excluding carboxylic acids is 2. The third kappa shape index (κ3) is 5.31. The Hall–Kier alpha value is -3.26. The second kappa shape index (κ2) is 10.4. The zero-order chi connectivity index (χ0) is 23.3. The fourth-order valence-corrected chi connectivity index (χ4v) is 3.23. The first kappa shape index (κ1) is 23.4. The van der Waals surface area contributed by atoms with Crippen molar-refractivity contribution >= 4 is 23.1 Å². The average molecular weight is 444 g/mol. The van der Waals surface area contributed by atoms with Gasteiger partial charge in [-0.3, -0.25) is 14.5 Å². The number of nitrogens with one attached hydrogen (secondary N) is 1. The first-order chi connectivity index (χ1) is 15.3. The number of halogens is 2. The Balaban J connectivity index is 1.94. The number of benzene rings is 2. The van der Waals surface area contributed by atoms with Crippen molar-refractivity contribution in [1.29, 1.82) is 0 Å². The van der Waals surface area contributed by atoms with E-state index in [1.807, 2.05) is 13.8 Å². The molecule has 2 amide bonds. The molecular weight excluding hydrogens is 418 g/mol. The lowest BCUT2D eigenvalue weighted by Gasteiger charge is -2.15. The molecule has 2 aromatic carbocycles. The van der Waals surface area contributed by atoms with E-state index >= 15 is 0 Å². The summed E-state index contributed by atoms with van der Waals surface area (Å²) in [4.78, 5) is 27.3. The van der Waals surface area contributed by atoms with Crippen molar-refractivity contribution < 1.29 is 27.8 Å². The van der Waals surface area contributed by atoms with E-state index in [4.69, 9.17) is 9.47 Å². The van der Waals surface area contributed by atoms with Crippen LogP contribution in [0.15, 0.2) is 48.2 Å². The van der Waals surface area contributed by atoms with Crippen molar-refractivity contribution in [3.63, 3.8) is 0 Å². The zero-order valence-electron chi connectivity index (χ0n) is 18.3. The summed E-state index contributed by atoms with van der Waals surface area (Å²) in [5.74, 6) is -2.06. The second-order valence-corrected chi connectivity index (χ2v) is 7.84. The maximum Gasteiger partial charge on any atom is 0.278 e. The molecule has 1 heterocycles. The van der Waals surface area contributed by atoms with Crippen molar-refractivity contribution in [3.05, 3.63) is 65.4 Å².